The lowest BCUT2D eigenvalue weighted by Gasteiger charge is -2.39. The van der Waals surface area contributed by atoms with Crippen LogP contribution in [-0.2, 0) is 14.2 Å². The number of hydrogen-bond acceptors (Lipinski definition) is 6. The lowest BCUT2D eigenvalue weighted by molar-refractivity contribution is -0.214. The number of ether oxygens (including phenoxy) is 3. The van der Waals surface area contributed by atoms with Crippen LogP contribution < -0.4 is 0 Å². The van der Waals surface area contributed by atoms with Crippen LogP contribution in [0.15, 0.2) is 0 Å². The zero-order valence-electron chi connectivity index (χ0n) is 12.6. The van der Waals surface area contributed by atoms with E-state index in [0.29, 0.717) is 6.42 Å². The number of rotatable bonds is 2. The average molecular weight is 286 g/mol. The predicted octanol–water partition coefficient (Wildman–Crippen LogP) is -0.139. The van der Waals surface area contributed by atoms with E-state index in [4.69, 9.17) is 14.2 Å². The van der Waals surface area contributed by atoms with Crippen molar-refractivity contribution >= 4 is 0 Å². The van der Waals surface area contributed by atoms with Gasteiger partial charge in [-0.05, 0) is 20.9 Å². The monoisotopic (exact) mass is 286 g/mol. The lowest BCUT2D eigenvalue weighted by Crippen LogP contribution is -2.54. The highest BCUT2D eigenvalue weighted by Gasteiger charge is 2.50. The fourth-order valence-corrected chi connectivity index (χ4v) is 3.33. The fraction of sp³-hybridized carbons (Fsp3) is 1.00. The Morgan fingerprint density at radius 1 is 1.15 bits per heavy atom. The van der Waals surface area contributed by atoms with Gasteiger partial charge in [-0.1, -0.05) is 0 Å². The van der Waals surface area contributed by atoms with Gasteiger partial charge < -0.3 is 24.2 Å². The molecule has 4 unspecified atom stereocenters. The van der Waals surface area contributed by atoms with Crippen LogP contribution in [0.2, 0.25) is 0 Å². The smallest absolute Gasteiger partial charge is 0.163 e. The van der Waals surface area contributed by atoms with Gasteiger partial charge in [-0.25, -0.2) is 0 Å². The first-order valence-corrected chi connectivity index (χ1v) is 7.53. The molecule has 0 bridgehead atoms. The summed E-state index contributed by atoms with van der Waals surface area (Å²) >= 11 is 0. The van der Waals surface area contributed by atoms with Gasteiger partial charge >= 0.3 is 0 Å². The van der Waals surface area contributed by atoms with E-state index in [-0.39, 0.29) is 18.3 Å². The Labute approximate surface area is 120 Å². The third-order valence-corrected chi connectivity index (χ3v) is 4.39. The Balaban J connectivity index is 1.62. The molecular formula is C14H26N2O4. The van der Waals surface area contributed by atoms with Crippen molar-refractivity contribution in [3.8, 4) is 0 Å². The molecule has 1 N–H and O–H groups in total. The van der Waals surface area contributed by atoms with Crippen molar-refractivity contribution in [3.63, 3.8) is 0 Å². The maximum atomic E-state index is 9.88. The number of aliphatic hydroxyl groups excluding tert-OH is 1. The van der Waals surface area contributed by atoms with E-state index < -0.39 is 12.1 Å². The van der Waals surface area contributed by atoms with Gasteiger partial charge in [0.25, 0.3) is 0 Å². The first kappa shape index (κ1) is 14.7. The summed E-state index contributed by atoms with van der Waals surface area (Å²) in [5.74, 6) is -0.580. The largest absolute Gasteiger partial charge is 0.368 e. The zero-order valence-corrected chi connectivity index (χ0v) is 12.6. The molecule has 0 radical (unpaired) electrons. The molecule has 116 valence electrons. The minimum atomic E-state index is -0.744. The summed E-state index contributed by atoms with van der Waals surface area (Å²) in [5.41, 5.74) is 0. The molecule has 3 heterocycles. The Morgan fingerprint density at radius 2 is 1.85 bits per heavy atom. The summed E-state index contributed by atoms with van der Waals surface area (Å²) in [5, 5.41) is 9.88. The van der Waals surface area contributed by atoms with Crippen LogP contribution in [0.25, 0.3) is 0 Å². The SMILES string of the molecule is CN1CCN(CC2OC(O)CC3OC(C)(C)OC23)CC1. The molecule has 0 aromatic carbocycles. The highest BCUT2D eigenvalue weighted by atomic mass is 16.8. The molecule has 3 aliphatic rings. The molecule has 4 atom stereocenters. The third kappa shape index (κ3) is 3.16. The molecule has 3 aliphatic heterocycles. The van der Waals surface area contributed by atoms with E-state index in [0.717, 1.165) is 32.7 Å². The molecule has 0 aliphatic carbocycles. The number of likely N-dealkylation sites (N-methyl/N-ethyl adjacent to an activating group) is 1. The van der Waals surface area contributed by atoms with Crippen LogP contribution >= 0.6 is 0 Å². The van der Waals surface area contributed by atoms with Gasteiger partial charge in [0.05, 0.1) is 6.10 Å². The molecule has 0 amide bonds. The second kappa shape index (κ2) is 5.51. The molecule has 0 spiro atoms. The van der Waals surface area contributed by atoms with Gasteiger partial charge in [0.1, 0.15) is 12.2 Å². The van der Waals surface area contributed by atoms with Crippen LogP contribution in [0.1, 0.15) is 20.3 Å². The Hall–Kier alpha value is -0.240. The van der Waals surface area contributed by atoms with Crippen LogP contribution in [-0.4, -0.2) is 85.1 Å². The molecule has 0 saturated carbocycles. The van der Waals surface area contributed by atoms with Crippen LogP contribution in [0.5, 0.6) is 0 Å². The van der Waals surface area contributed by atoms with Crippen molar-refractivity contribution in [2.75, 3.05) is 39.8 Å². The van der Waals surface area contributed by atoms with Crippen molar-refractivity contribution in [1.29, 1.82) is 0 Å². The standard InChI is InChI=1S/C14H26N2O4/c1-14(2)19-10-8-12(17)18-11(13(10)20-14)9-16-6-4-15(3)5-7-16/h10-13,17H,4-9H2,1-3H3. The van der Waals surface area contributed by atoms with Crippen LogP contribution in [0.3, 0.4) is 0 Å². The van der Waals surface area contributed by atoms with Crippen molar-refractivity contribution in [2.45, 2.75) is 50.7 Å². The summed E-state index contributed by atoms with van der Waals surface area (Å²) in [4.78, 5) is 4.71. The molecule has 20 heavy (non-hydrogen) atoms. The van der Waals surface area contributed by atoms with Gasteiger partial charge in [-0.2, -0.15) is 0 Å². The number of piperazine rings is 1. The van der Waals surface area contributed by atoms with Crippen LogP contribution in [0, 0.1) is 0 Å². The number of fused-ring (bicyclic) bond motifs is 1. The molecule has 3 saturated heterocycles. The van der Waals surface area contributed by atoms with Gasteiger partial charge in [-0.3, -0.25) is 4.90 Å². The molecule has 3 fully saturated rings. The minimum absolute atomic E-state index is 0.0637. The van der Waals surface area contributed by atoms with E-state index in [9.17, 15) is 5.11 Å². The zero-order chi connectivity index (χ0) is 14.3. The lowest BCUT2D eigenvalue weighted by atomic mass is 10.0. The predicted molar refractivity (Wildman–Crippen MR) is 73.3 cm³/mol. The fourth-order valence-electron chi connectivity index (χ4n) is 3.33. The van der Waals surface area contributed by atoms with E-state index in [2.05, 4.69) is 16.8 Å². The Kier molecular flexibility index (Phi) is 4.05. The normalized spacial score (nSPS) is 42.6. The topological polar surface area (TPSA) is 54.4 Å². The molecule has 6 nitrogen and oxygen atoms in total. The molecule has 0 aromatic heterocycles. The van der Waals surface area contributed by atoms with E-state index in [1.54, 1.807) is 0 Å². The van der Waals surface area contributed by atoms with Crippen LogP contribution in [0.4, 0.5) is 0 Å². The average Bonchev–Trinajstić information content (AvgIpc) is 2.66. The Morgan fingerprint density at radius 3 is 2.55 bits per heavy atom. The van der Waals surface area contributed by atoms with Gasteiger partial charge in [-0.15, -0.1) is 0 Å². The van der Waals surface area contributed by atoms with Crippen molar-refractivity contribution < 1.29 is 19.3 Å². The molecule has 3 rings (SSSR count). The summed E-state index contributed by atoms with van der Waals surface area (Å²) in [7, 11) is 2.14. The minimum Gasteiger partial charge on any atom is -0.368 e. The Bertz CT molecular complexity index is 344. The van der Waals surface area contributed by atoms with Crippen molar-refractivity contribution in [2.24, 2.45) is 0 Å². The molecule has 0 aromatic rings. The molecular weight excluding hydrogens is 260 g/mol. The third-order valence-electron chi connectivity index (χ3n) is 4.39. The second-order valence-electron chi connectivity index (χ2n) is 6.61. The molecule has 6 heteroatoms. The van der Waals surface area contributed by atoms with E-state index in [1.165, 1.54) is 0 Å². The highest BCUT2D eigenvalue weighted by molar-refractivity contribution is 4.93. The summed E-state index contributed by atoms with van der Waals surface area (Å²) < 4.78 is 17.6. The number of aliphatic hydroxyl groups is 1. The maximum absolute atomic E-state index is 9.88. The first-order chi connectivity index (χ1) is 9.43. The summed E-state index contributed by atoms with van der Waals surface area (Å²) in [6.07, 6.45) is -0.507. The van der Waals surface area contributed by atoms with Crippen molar-refractivity contribution in [3.05, 3.63) is 0 Å². The van der Waals surface area contributed by atoms with Gasteiger partial charge in [0.15, 0.2) is 12.1 Å². The first-order valence-electron chi connectivity index (χ1n) is 7.53. The quantitative estimate of drug-likeness (QED) is 0.763. The van der Waals surface area contributed by atoms with E-state index >= 15 is 0 Å². The van der Waals surface area contributed by atoms with Crippen molar-refractivity contribution in [1.82, 2.24) is 9.80 Å². The maximum Gasteiger partial charge on any atom is 0.163 e. The summed E-state index contributed by atoms with van der Waals surface area (Å²) in [6.45, 7) is 8.86. The highest BCUT2D eigenvalue weighted by Crippen LogP contribution is 2.36. The van der Waals surface area contributed by atoms with Gasteiger partial charge in [0.2, 0.25) is 0 Å². The van der Waals surface area contributed by atoms with E-state index in [1.807, 2.05) is 13.8 Å². The van der Waals surface area contributed by atoms with Gasteiger partial charge in [0, 0.05) is 39.1 Å². The summed E-state index contributed by atoms with van der Waals surface area (Å²) in [6, 6.07) is 0. The number of hydrogen-bond donors (Lipinski definition) is 1. The second-order valence-corrected chi connectivity index (χ2v) is 6.61. The number of nitrogens with zero attached hydrogens (tertiary/aromatic N) is 2.